The Morgan fingerprint density at radius 1 is 0.432 bits per heavy atom. The number of phenols is 3. The van der Waals surface area contributed by atoms with Crippen molar-refractivity contribution < 1.29 is 32.1 Å². The normalized spacial score (nSPS) is 11.7. The number of hydrogen-bond donors (Lipinski definition) is 5. The van der Waals surface area contributed by atoms with Crippen LogP contribution in [-0.2, 0) is 16.8 Å². The number of phenolic OH excluding ortho intramolecular Hbond substituents is 3. The number of rotatable bonds is 0. The fraction of sp³-hybridized carbons (Fsp3) is 0. The molecule has 44 heavy (non-hydrogen) atoms. The van der Waals surface area contributed by atoms with Crippen molar-refractivity contribution in [2.24, 2.45) is 0 Å². The second kappa shape index (κ2) is 9.32. The number of aromatic amines is 2. The van der Waals surface area contributed by atoms with E-state index in [9.17, 15) is 15.3 Å². The van der Waals surface area contributed by atoms with E-state index < -0.39 is 17.2 Å². The quantitative estimate of drug-likeness (QED) is 0.128. The molecule has 0 amide bonds. The van der Waals surface area contributed by atoms with Gasteiger partial charge in [-0.1, -0.05) is 72.8 Å². The Hall–Kier alpha value is -5.85. The molecule has 7 aromatic rings. The van der Waals surface area contributed by atoms with Crippen LogP contribution in [0.3, 0.4) is 0 Å². The Bertz CT molecular complexity index is 2520. The van der Waals surface area contributed by atoms with Gasteiger partial charge in [-0.15, -0.1) is 0 Å². The SMILES string of the molecule is Oc1cc2c3nc4nc(nc5[nH]c(nc6nc(nc([nH]3)c2c(O)c1O)-c1ccccc1-6)c1ccccc51)-c1ccccc1-4.[Co]. The van der Waals surface area contributed by atoms with Crippen molar-refractivity contribution >= 4 is 44.1 Å². The summed E-state index contributed by atoms with van der Waals surface area (Å²) in [6.07, 6.45) is 0. The first kappa shape index (κ1) is 25.8. The first-order chi connectivity index (χ1) is 21.0. The summed E-state index contributed by atoms with van der Waals surface area (Å²) in [5.74, 6) is -0.0602. The van der Waals surface area contributed by atoms with Crippen molar-refractivity contribution in [3.63, 3.8) is 0 Å². The van der Waals surface area contributed by atoms with Gasteiger partial charge in [0.15, 0.2) is 34.8 Å². The van der Waals surface area contributed by atoms with Crippen LogP contribution in [0.1, 0.15) is 0 Å². The molecule has 1 radical (unpaired) electrons. The summed E-state index contributed by atoms with van der Waals surface area (Å²) >= 11 is 0. The molecule has 2 aliphatic heterocycles. The fourth-order valence-corrected chi connectivity index (χ4v) is 5.76. The summed E-state index contributed by atoms with van der Waals surface area (Å²) in [5.41, 5.74) is 4.71. The molecule has 0 atom stereocenters. The van der Waals surface area contributed by atoms with Gasteiger partial charge >= 0.3 is 0 Å². The smallest absolute Gasteiger partial charge is 0.201 e. The Balaban J connectivity index is 0.00000289. The molecular weight excluding hydrogens is 603 g/mol. The van der Waals surface area contributed by atoms with Crippen molar-refractivity contribution in [1.29, 1.82) is 0 Å². The Morgan fingerprint density at radius 2 is 0.818 bits per heavy atom. The molecule has 12 heteroatoms. The zero-order valence-electron chi connectivity index (χ0n) is 22.4. The number of benzene rings is 4. The van der Waals surface area contributed by atoms with E-state index in [0.29, 0.717) is 40.0 Å². The van der Waals surface area contributed by atoms with Gasteiger partial charge in [0.05, 0.1) is 5.39 Å². The average molecular weight is 621 g/mol. The molecule has 0 spiro atoms. The molecule has 0 unspecified atom stereocenters. The molecule has 5 heterocycles. The van der Waals surface area contributed by atoms with E-state index >= 15 is 0 Å². The summed E-state index contributed by atoms with van der Waals surface area (Å²) in [7, 11) is 0. The fourth-order valence-electron chi connectivity index (χ4n) is 5.76. The van der Waals surface area contributed by atoms with Gasteiger partial charge in [-0.05, 0) is 6.07 Å². The number of aromatic nitrogens is 8. The topological polar surface area (TPSA) is 170 Å². The van der Waals surface area contributed by atoms with E-state index in [2.05, 4.69) is 9.97 Å². The van der Waals surface area contributed by atoms with Crippen molar-refractivity contribution in [3.05, 3.63) is 78.9 Å². The van der Waals surface area contributed by atoms with Crippen LogP contribution in [-0.4, -0.2) is 55.2 Å². The molecule has 8 bridgehead atoms. The Labute approximate surface area is 257 Å². The second-order valence-corrected chi connectivity index (χ2v) is 10.3. The van der Waals surface area contributed by atoms with Crippen LogP contribution in [0.15, 0.2) is 78.9 Å². The molecular formula is C32H18CoN8O3. The average Bonchev–Trinajstić information content (AvgIpc) is 3.75. The van der Waals surface area contributed by atoms with Crippen LogP contribution < -0.4 is 0 Å². The monoisotopic (exact) mass is 621 g/mol. The van der Waals surface area contributed by atoms with E-state index in [1.54, 1.807) is 0 Å². The first-order valence-electron chi connectivity index (χ1n) is 13.4. The van der Waals surface area contributed by atoms with Crippen LogP contribution in [0, 0.1) is 0 Å². The predicted molar refractivity (Wildman–Crippen MR) is 161 cm³/mol. The van der Waals surface area contributed by atoms with Crippen LogP contribution in [0.25, 0.3) is 89.7 Å². The van der Waals surface area contributed by atoms with Gasteiger partial charge in [0, 0.05) is 55.2 Å². The molecule has 5 N–H and O–H groups in total. The van der Waals surface area contributed by atoms with E-state index in [4.69, 9.17) is 29.9 Å². The van der Waals surface area contributed by atoms with E-state index in [1.165, 1.54) is 6.07 Å². The van der Waals surface area contributed by atoms with Crippen LogP contribution in [0.2, 0.25) is 0 Å². The number of nitrogens with one attached hydrogen (secondary N) is 2. The molecule has 213 valence electrons. The summed E-state index contributed by atoms with van der Waals surface area (Å²) in [4.78, 5) is 35.6. The zero-order valence-corrected chi connectivity index (χ0v) is 23.4. The van der Waals surface area contributed by atoms with Gasteiger partial charge in [0.25, 0.3) is 0 Å². The molecule has 2 aliphatic rings. The van der Waals surface area contributed by atoms with E-state index in [0.717, 1.165) is 33.0 Å². The van der Waals surface area contributed by atoms with Gasteiger partial charge in [-0.2, -0.15) is 0 Å². The maximum atomic E-state index is 11.0. The molecule has 0 fully saturated rings. The minimum Gasteiger partial charge on any atom is -0.504 e. The van der Waals surface area contributed by atoms with Crippen LogP contribution in [0.4, 0.5) is 0 Å². The Kier molecular flexibility index (Phi) is 5.47. The zero-order chi connectivity index (χ0) is 28.8. The van der Waals surface area contributed by atoms with Gasteiger partial charge < -0.3 is 25.3 Å². The molecule has 0 saturated carbocycles. The molecule has 0 saturated heterocycles. The number of nitrogens with zero attached hydrogens (tertiary/aromatic N) is 6. The molecule has 0 aliphatic carbocycles. The molecule has 3 aromatic heterocycles. The third-order valence-electron chi connectivity index (χ3n) is 7.77. The van der Waals surface area contributed by atoms with Gasteiger partial charge in [0.2, 0.25) is 5.75 Å². The molecule has 4 aromatic carbocycles. The van der Waals surface area contributed by atoms with Gasteiger partial charge in [-0.3, -0.25) is 0 Å². The molecule has 11 nitrogen and oxygen atoms in total. The minimum absolute atomic E-state index is 0. The van der Waals surface area contributed by atoms with Crippen LogP contribution >= 0.6 is 0 Å². The largest absolute Gasteiger partial charge is 0.504 e. The van der Waals surface area contributed by atoms with E-state index in [-0.39, 0.29) is 33.5 Å². The second-order valence-electron chi connectivity index (χ2n) is 10.3. The van der Waals surface area contributed by atoms with Gasteiger partial charge in [0.1, 0.15) is 22.6 Å². The number of fused-ring (bicyclic) bond motifs is 20. The summed E-state index contributed by atoms with van der Waals surface area (Å²) in [6, 6.07) is 24.4. The summed E-state index contributed by atoms with van der Waals surface area (Å²) < 4.78 is 0. The number of H-pyrrole nitrogens is 2. The minimum atomic E-state index is -0.663. The third-order valence-corrected chi connectivity index (χ3v) is 7.77. The summed E-state index contributed by atoms with van der Waals surface area (Å²) in [6.45, 7) is 0. The summed E-state index contributed by atoms with van der Waals surface area (Å²) in [5, 5.41) is 34.0. The predicted octanol–water partition coefficient (Wildman–Crippen LogP) is 5.98. The number of hydrogen-bond acceptors (Lipinski definition) is 9. The van der Waals surface area contributed by atoms with Crippen LogP contribution in [0.5, 0.6) is 17.2 Å². The van der Waals surface area contributed by atoms with Gasteiger partial charge in [-0.25, -0.2) is 29.9 Å². The first-order valence-corrected chi connectivity index (χ1v) is 13.4. The standard InChI is InChI=1S/C32H18N8O3.Co/c41-21-13-20-22(24(43)23(21)42)32-39-30-19-12-6-5-11-18(19)28(37-30)35-26-15-8-2-1-7-14(15)25(33-26)34-27-16-9-3-4-10-17(16)29(36-27)38-31(20)40-32;/h1-13,41-43H,(H2,33,34,35,36,37,38,39,40);. The number of aromatic hydroxyl groups is 3. The third kappa shape index (κ3) is 3.61. The maximum Gasteiger partial charge on any atom is 0.201 e. The molecule has 9 rings (SSSR count). The Morgan fingerprint density at radius 3 is 1.30 bits per heavy atom. The maximum absolute atomic E-state index is 11.0. The van der Waals surface area contributed by atoms with Crippen molar-refractivity contribution in [2.45, 2.75) is 0 Å². The van der Waals surface area contributed by atoms with Crippen molar-refractivity contribution in [1.82, 2.24) is 39.9 Å². The van der Waals surface area contributed by atoms with Crippen molar-refractivity contribution in [2.75, 3.05) is 0 Å². The van der Waals surface area contributed by atoms with E-state index in [1.807, 2.05) is 72.8 Å². The van der Waals surface area contributed by atoms with Crippen molar-refractivity contribution in [3.8, 4) is 62.8 Å².